The van der Waals surface area contributed by atoms with Crippen LogP contribution in [0.4, 0.5) is 10.9 Å². The van der Waals surface area contributed by atoms with E-state index >= 15 is 0 Å². The number of aromatic nitrogens is 2. The summed E-state index contributed by atoms with van der Waals surface area (Å²) < 4.78 is 6.10. The first-order valence-corrected chi connectivity index (χ1v) is 10.6. The zero-order chi connectivity index (χ0) is 19.3. The highest BCUT2D eigenvalue weighted by Gasteiger charge is 2.12. The molecular formula is C21H17Cl2N3OS2. The minimum atomic E-state index is 0. The summed E-state index contributed by atoms with van der Waals surface area (Å²) in [6, 6.07) is 19.3. The van der Waals surface area contributed by atoms with Crippen molar-refractivity contribution in [3.63, 3.8) is 0 Å². The number of anilines is 2. The standard InChI is InChI=1S/C21H16ClN3OS2.ClH/c1-14-13-27-21(24-14)25-20-19(26-16-7-3-2-4-8-16)11-18(12-23-20)28-17-9-5-6-15(22)10-17;/h2-13H,1H3,(H,23,24,25);1H. The van der Waals surface area contributed by atoms with Gasteiger partial charge in [-0.1, -0.05) is 47.6 Å². The van der Waals surface area contributed by atoms with Gasteiger partial charge in [0.1, 0.15) is 5.75 Å². The van der Waals surface area contributed by atoms with Crippen molar-refractivity contribution in [2.75, 3.05) is 5.32 Å². The smallest absolute Gasteiger partial charge is 0.188 e. The zero-order valence-corrected chi connectivity index (χ0v) is 18.5. The third kappa shape index (κ3) is 5.87. The molecule has 148 valence electrons. The molecule has 4 rings (SSSR count). The van der Waals surface area contributed by atoms with Gasteiger partial charge in [-0.15, -0.1) is 23.7 Å². The fourth-order valence-corrected chi connectivity index (χ4v) is 4.27. The van der Waals surface area contributed by atoms with E-state index in [0.29, 0.717) is 16.6 Å². The van der Waals surface area contributed by atoms with Crippen LogP contribution in [0.1, 0.15) is 5.69 Å². The fourth-order valence-electron chi connectivity index (χ4n) is 2.45. The monoisotopic (exact) mass is 461 g/mol. The van der Waals surface area contributed by atoms with Gasteiger partial charge in [0.05, 0.1) is 5.69 Å². The fraction of sp³-hybridized carbons (Fsp3) is 0.0476. The second-order valence-corrected chi connectivity index (χ2v) is 8.35. The van der Waals surface area contributed by atoms with Gasteiger partial charge >= 0.3 is 0 Å². The summed E-state index contributed by atoms with van der Waals surface area (Å²) in [5, 5.41) is 6.73. The Morgan fingerprint density at radius 3 is 2.59 bits per heavy atom. The average Bonchev–Trinajstić information content (AvgIpc) is 3.09. The topological polar surface area (TPSA) is 47.0 Å². The molecule has 2 heterocycles. The molecule has 0 aliphatic rings. The molecular weight excluding hydrogens is 445 g/mol. The number of rotatable bonds is 6. The highest BCUT2D eigenvalue weighted by molar-refractivity contribution is 7.99. The lowest BCUT2D eigenvalue weighted by Gasteiger charge is -2.12. The van der Waals surface area contributed by atoms with Gasteiger partial charge in [0.15, 0.2) is 16.7 Å². The summed E-state index contributed by atoms with van der Waals surface area (Å²) >= 11 is 9.21. The summed E-state index contributed by atoms with van der Waals surface area (Å²) in [5.41, 5.74) is 0.964. The maximum absolute atomic E-state index is 6.10. The molecule has 0 saturated heterocycles. The minimum absolute atomic E-state index is 0. The maximum atomic E-state index is 6.10. The lowest BCUT2D eigenvalue weighted by atomic mass is 10.3. The van der Waals surface area contributed by atoms with Crippen LogP contribution < -0.4 is 10.1 Å². The van der Waals surface area contributed by atoms with Crippen molar-refractivity contribution in [1.29, 1.82) is 0 Å². The van der Waals surface area contributed by atoms with Crippen LogP contribution in [0.15, 0.2) is 82.0 Å². The van der Waals surface area contributed by atoms with Gasteiger partial charge in [-0.05, 0) is 37.3 Å². The lowest BCUT2D eigenvalue weighted by Crippen LogP contribution is -1.97. The number of ether oxygens (including phenoxy) is 1. The molecule has 4 nitrogen and oxygen atoms in total. The van der Waals surface area contributed by atoms with Gasteiger partial charge in [-0.2, -0.15) is 0 Å². The van der Waals surface area contributed by atoms with Crippen LogP contribution in [0.5, 0.6) is 11.5 Å². The molecule has 0 fully saturated rings. The quantitative estimate of drug-likeness (QED) is 0.320. The van der Waals surface area contributed by atoms with Crippen LogP contribution in [-0.4, -0.2) is 9.97 Å². The van der Waals surface area contributed by atoms with Crippen LogP contribution >= 0.6 is 47.1 Å². The molecule has 1 N–H and O–H groups in total. The molecule has 0 aliphatic carbocycles. The highest BCUT2D eigenvalue weighted by atomic mass is 35.5. The van der Waals surface area contributed by atoms with Crippen molar-refractivity contribution in [1.82, 2.24) is 9.97 Å². The number of hydrogen-bond acceptors (Lipinski definition) is 6. The van der Waals surface area contributed by atoms with E-state index in [1.165, 1.54) is 11.3 Å². The van der Waals surface area contributed by atoms with E-state index in [4.69, 9.17) is 16.3 Å². The number of pyridine rings is 1. The van der Waals surface area contributed by atoms with Crippen molar-refractivity contribution >= 4 is 58.1 Å². The first kappa shape index (κ1) is 21.5. The minimum Gasteiger partial charge on any atom is -0.453 e. The summed E-state index contributed by atoms with van der Waals surface area (Å²) in [6.45, 7) is 1.96. The molecule has 0 atom stereocenters. The van der Waals surface area contributed by atoms with E-state index in [0.717, 1.165) is 26.4 Å². The zero-order valence-electron chi connectivity index (χ0n) is 15.3. The van der Waals surface area contributed by atoms with E-state index in [9.17, 15) is 0 Å². The molecule has 0 amide bonds. The number of para-hydroxylation sites is 1. The van der Waals surface area contributed by atoms with E-state index in [-0.39, 0.29) is 12.4 Å². The largest absolute Gasteiger partial charge is 0.453 e. The van der Waals surface area contributed by atoms with Crippen LogP contribution in [0.2, 0.25) is 5.02 Å². The molecule has 29 heavy (non-hydrogen) atoms. The molecule has 0 aliphatic heterocycles. The van der Waals surface area contributed by atoms with E-state index in [1.54, 1.807) is 11.8 Å². The van der Waals surface area contributed by atoms with Crippen molar-refractivity contribution in [3.8, 4) is 11.5 Å². The molecule has 0 saturated carbocycles. The van der Waals surface area contributed by atoms with Crippen molar-refractivity contribution in [3.05, 3.63) is 83.0 Å². The van der Waals surface area contributed by atoms with E-state index in [2.05, 4.69) is 15.3 Å². The number of benzene rings is 2. The second-order valence-electron chi connectivity index (χ2n) is 5.91. The molecule has 8 heteroatoms. The molecule has 0 unspecified atom stereocenters. The molecule has 0 spiro atoms. The average molecular weight is 462 g/mol. The highest BCUT2D eigenvalue weighted by Crippen LogP contribution is 2.36. The molecule has 2 aromatic carbocycles. The van der Waals surface area contributed by atoms with Crippen molar-refractivity contribution in [2.45, 2.75) is 16.7 Å². The number of hydrogen-bond donors (Lipinski definition) is 1. The van der Waals surface area contributed by atoms with Gasteiger partial charge in [-0.3, -0.25) is 0 Å². The van der Waals surface area contributed by atoms with Gasteiger partial charge in [0, 0.05) is 32.5 Å². The normalized spacial score (nSPS) is 10.3. The summed E-state index contributed by atoms with van der Waals surface area (Å²) in [5.74, 6) is 1.99. The summed E-state index contributed by atoms with van der Waals surface area (Å²) in [7, 11) is 0. The SMILES string of the molecule is Cc1csc(Nc2ncc(Sc3cccc(Cl)c3)cc2Oc2ccccc2)n1.Cl. The maximum Gasteiger partial charge on any atom is 0.188 e. The third-order valence-corrected chi connectivity index (χ3v) is 5.73. The van der Waals surface area contributed by atoms with Gasteiger partial charge in [-0.25, -0.2) is 9.97 Å². The van der Waals surface area contributed by atoms with Gasteiger partial charge < -0.3 is 10.1 Å². The first-order chi connectivity index (χ1) is 13.7. The van der Waals surface area contributed by atoms with Crippen molar-refractivity contribution in [2.24, 2.45) is 0 Å². The first-order valence-electron chi connectivity index (χ1n) is 8.51. The Balaban J connectivity index is 0.00000240. The molecule has 2 aromatic heterocycles. The number of aryl methyl sites for hydroxylation is 1. The molecule has 0 radical (unpaired) electrons. The van der Waals surface area contributed by atoms with E-state index < -0.39 is 0 Å². The Morgan fingerprint density at radius 1 is 1.03 bits per heavy atom. The predicted molar refractivity (Wildman–Crippen MR) is 124 cm³/mol. The molecule has 0 bridgehead atoms. The second kappa shape index (κ2) is 9.98. The van der Waals surface area contributed by atoms with Crippen LogP contribution in [0.3, 0.4) is 0 Å². The number of thiazole rings is 1. The Morgan fingerprint density at radius 2 is 1.86 bits per heavy atom. The number of nitrogens with one attached hydrogen (secondary N) is 1. The Bertz CT molecular complexity index is 1090. The summed E-state index contributed by atoms with van der Waals surface area (Å²) in [4.78, 5) is 11.0. The van der Waals surface area contributed by atoms with E-state index in [1.807, 2.05) is 79.2 Å². The van der Waals surface area contributed by atoms with Crippen LogP contribution in [-0.2, 0) is 0 Å². The molecule has 4 aromatic rings. The lowest BCUT2D eigenvalue weighted by molar-refractivity contribution is 0.481. The van der Waals surface area contributed by atoms with Crippen molar-refractivity contribution < 1.29 is 4.74 Å². The number of nitrogens with zero attached hydrogens (tertiary/aromatic N) is 2. The van der Waals surface area contributed by atoms with Crippen LogP contribution in [0, 0.1) is 6.92 Å². The third-order valence-electron chi connectivity index (χ3n) is 3.67. The number of halogens is 2. The Kier molecular flexibility index (Phi) is 7.39. The summed E-state index contributed by atoms with van der Waals surface area (Å²) in [6.07, 6.45) is 1.81. The van der Waals surface area contributed by atoms with Gasteiger partial charge in [0.25, 0.3) is 0 Å². The Labute approximate surface area is 188 Å². The van der Waals surface area contributed by atoms with Gasteiger partial charge in [0.2, 0.25) is 0 Å². The Hall–Kier alpha value is -2.25. The van der Waals surface area contributed by atoms with Crippen LogP contribution in [0.25, 0.3) is 0 Å². The predicted octanol–water partition coefficient (Wildman–Crippen LogP) is 7.61.